The summed E-state index contributed by atoms with van der Waals surface area (Å²) in [4.78, 5) is 4.74. The largest absolute Gasteiger partial charge is 0.371 e. The third-order valence-corrected chi connectivity index (χ3v) is 5.35. The highest BCUT2D eigenvalue weighted by Crippen LogP contribution is 2.39. The highest BCUT2D eigenvalue weighted by molar-refractivity contribution is 5.84. The van der Waals surface area contributed by atoms with Crippen molar-refractivity contribution in [1.82, 2.24) is 5.32 Å². The second kappa shape index (κ2) is 5.63. The molecule has 1 unspecified atom stereocenters. The Morgan fingerprint density at radius 2 is 1.78 bits per heavy atom. The van der Waals surface area contributed by atoms with Crippen molar-refractivity contribution < 1.29 is 0 Å². The van der Waals surface area contributed by atoms with Crippen molar-refractivity contribution >= 4 is 5.84 Å². The van der Waals surface area contributed by atoms with Crippen molar-refractivity contribution in [2.45, 2.75) is 83.2 Å². The monoisotopic (exact) mass is 248 g/mol. The molecular formula is C16H28N2. The fourth-order valence-corrected chi connectivity index (χ4v) is 4.36. The number of hydrogen-bond donors (Lipinski definition) is 1. The molecule has 2 aliphatic carbocycles. The second-order valence-electron chi connectivity index (χ2n) is 6.71. The van der Waals surface area contributed by atoms with Gasteiger partial charge in [0.25, 0.3) is 0 Å². The van der Waals surface area contributed by atoms with Gasteiger partial charge in [-0.25, -0.2) is 0 Å². The molecule has 3 aliphatic rings. The molecule has 1 heterocycles. The molecule has 1 N–H and O–H groups in total. The summed E-state index contributed by atoms with van der Waals surface area (Å²) < 4.78 is 0. The molecule has 0 radical (unpaired) electrons. The van der Waals surface area contributed by atoms with Crippen molar-refractivity contribution in [1.29, 1.82) is 0 Å². The minimum Gasteiger partial charge on any atom is -0.371 e. The summed E-state index contributed by atoms with van der Waals surface area (Å²) in [7, 11) is 0. The van der Waals surface area contributed by atoms with E-state index in [1.54, 1.807) is 0 Å². The Hall–Kier alpha value is -0.530. The fraction of sp³-hybridized carbons (Fsp3) is 0.938. The molecular weight excluding hydrogens is 220 g/mol. The molecule has 0 aromatic carbocycles. The standard InChI is InChI=1S/C16H28N2/c1-12-10-11-16(17-12)18-15-9-5-8-14(15)13-6-3-2-4-7-13/h12-15H,2-11H2,1H3,(H,17,18)/t12?,14-,15-/m0/s1. The molecule has 102 valence electrons. The first-order valence-corrected chi connectivity index (χ1v) is 8.16. The minimum absolute atomic E-state index is 0.557. The summed E-state index contributed by atoms with van der Waals surface area (Å²) in [5, 5.41) is 3.81. The van der Waals surface area contributed by atoms with Crippen LogP contribution in [0.4, 0.5) is 0 Å². The van der Waals surface area contributed by atoms with Crippen LogP contribution in [0.1, 0.15) is 71.1 Å². The van der Waals surface area contributed by atoms with Crippen LogP contribution in [-0.4, -0.2) is 17.9 Å². The van der Waals surface area contributed by atoms with Crippen LogP contribution in [0, 0.1) is 11.8 Å². The maximum atomic E-state index is 4.74. The molecule has 1 aliphatic heterocycles. The maximum Gasteiger partial charge on any atom is 0.0969 e. The van der Waals surface area contributed by atoms with E-state index in [-0.39, 0.29) is 0 Å². The molecule has 2 nitrogen and oxygen atoms in total. The van der Waals surface area contributed by atoms with Crippen LogP contribution in [0.3, 0.4) is 0 Å². The van der Waals surface area contributed by atoms with Gasteiger partial charge < -0.3 is 5.32 Å². The van der Waals surface area contributed by atoms with Crippen LogP contribution >= 0.6 is 0 Å². The van der Waals surface area contributed by atoms with E-state index < -0.39 is 0 Å². The zero-order valence-corrected chi connectivity index (χ0v) is 11.8. The van der Waals surface area contributed by atoms with Crippen molar-refractivity contribution in [3.05, 3.63) is 0 Å². The molecule has 3 atom stereocenters. The molecule has 0 aromatic rings. The fourth-order valence-electron chi connectivity index (χ4n) is 4.36. The lowest BCUT2D eigenvalue weighted by atomic mass is 9.77. The normalized spacial score (nSPS) is 37.8. The summed E-state index contributed by atoms with van der Waals surface area (Å²) in [5.41, 5.74) is 0. The summed E-state index contributed by atoms with van der Waals surface area (Å²) in [6, 6.07) is 1.30. The number of amidine groups is 1. The van der Waals surface area contributed by atoms with E-state index in [4.69, 9.17) is 4.99 Å². The molecule has 0 aromatic heterocycles. The quantitative estimate of drug-likeness (QED) is 0.787. The summed E-state index contributed by atoms with van der Waals surface area (Å²) in [6.07, 6.45) is 14.1. The Labute approximate surface area is 112 Å². The van der Waals surface area contributed by atoms with Crippen LogP contribution in [0.5, 0.6) is 0 Å². The lowest BCUT2D eigenvalue weighted by Crippen LogP contribution is -2.39. The van der Waals surface area contributed by atoms with E-state index in [0.717, 1.165) is 17.9 Å². The van der Waals surface area contributed by atoms with E-state index in [0.29, 0.717) is 6.04 Å². The molecule has 2 fully saturated rings. The van der Waals surface area contributed by atoms with Gasteiger partial charge >= 0.3 is 0 Å². The van der Waals surface area contributed by atoms with Crippen LogP contribution in [0.25, 0.3) is 0 Å². The third kappa shape index (κ3) is 2.73. The average molecular weight is 248 g/mol. The molecule has 0 amide bonds. The Kier molecular flexibility index (Phi) is 3.91. The highest BCUT2D eigenvalue weighted by Gasteiger charge is 2.34. The predicted molar refractivity (Wildman–Crippen MR) is 77.0 cm³/mol. The summed E-state index contributed by atoms with van der Waals surface area (Å²) in [6.45, 7) is 2.24. The van der Waals surface area contributed by atoms with Crippen LogP contribution in [0.2, 0.25) is 0 Å². The molecule has 2 saturated carbocycles. The third-order valence-electron chi connectivity index (χ3n) is 5.35. The number of nitrogens with zero attached hydrogens (tertiary/aromatic N) is 1. The predicted octanol–water partition coefficient (Wildman–Crippen LogP) is 3.91. The van der Waals surface area contributed by atoms with Crippen LogP contribution < -0.4 is 5.32 Å². The molecule has 2 heteroatoms. The smallest absolute Gasteiger partial charge is 0.0969 e. The topological polar surface area (TPSA) is 24.4 Å². The lowest BCUT2D eigenvalue weighted by Gasteiger charge is -2.32. The van der Waals surface area contributed by atoms with E-state index >= 15 is 0 Å². The van der Waals surface area contributed by atoms with Gasteiger partial charge in [0, 0.05) is 18.5 Å². The lowest BCUT2D eigenvalue weighted by molar-refractivity contribution is 0.226. The Bertz CT molecular complexity index is 304. The highest BCUT2D eigenvalue weighted by atomic mass is 15.1. The summed E-state index contributed by atoms with van der Waals surface area (Å²) >= 11 is 0. The van der Waals surface area contributed by atoms with Gasteiger partial charge in [-0.2, -0.15) is 0 Å². The number of hydrogen-bond acceptors (Lipinski definition) is 2. The van der Waals surface area contributed by atoms with Gasteiger partial charge in [-0.05, 0) is 38.0 Å². The van der Waals surface area contributed by atoms with Crippen molar-refractivity contribution in [2.24, 2.45) is 16.8 Å². The van der Waals surface area contributed by atoms with Gasteiger partial charge in [-0.3, -0.25) is 4.99 Å². The van der Waals surface area contributed by atoms with E-state index in [2.05, 4.69) is 12.2 Å². The SMILES string of the molecule is CC1CCC(N[C@H]2CCC[C@H]2C2CCCCC2)=N1. The van der Waals surface area contributed by atoms with Gasteiger partial charge in [-0.1, -0.05) is 38.5 Å². The molecule has 0 bridgehead atoms. The zero-order valence-electron chi connectivity index (χ0n) is 11.8. The minimum atomic E-state index is 0.557. The van der Waals surface area contributed by atoms with Gasteiger partial charge in [0.1, 0.15) is 0 Å². The number of rotatable bonds is 2. The van der Waals surface area contributed by atoms with E-state index in [1.807, 2.05) is 0 Å². The van der Waals surface area contributed by atoms with Gasteiger partial charge in [0.05, 0.1) is 5.84 Å². The van der Waals surface area contributed by atoms with Crippen LogP contribution in [-0.2, 0) is 0 Å². The van der Waals surface area contributed by atoms with Gasteiger partial charge in [0.15, 0.2) is 0 Å². The average Bonchev–Trinajstić information content (AvgIpc) is 3.00. The summed E-state index contributed by atoms with van der Waals surface area (Å²) in [5.74, 6) is 3.28. The Balaban J connectivity index is 1.58. The molecule has 3 rings (SSSR count). The first kappa shape index (κ1) is 12.5. The molecule has 18 heavy (non-hydrogen) atoms. The number of aliphatic imine (C=N–C) groups is 1. The number of nitrogens with one attached hydrogen (secondary N) is 1. The van der Waals surface area contributed by atoms with Crippen LogP contribution in [0.15, 0.2) is 4.99 Å². The second-order valence-corrected chi connectivity index (χ2v) is 6.71. The van der Waals surface area contributed by atoms with Crippen molar-refractivity contribution in [2.75, 3.05) is 0 Å². The Morgan fingerprint density at radius 1 is 0.944 bits per heavy atom. The van der Waals surface area contributed by atoms with E-state index in [9.17, 15) is 0 Å². The maximum absolute atomic E-state index is 4.74. The molecule has 0 saturated heterocycles. The van der Waals surface area contributed by atoms with E-state index in [1.165, 1.54) is 70.0 Å². The van der Waals surface area contributed by atoms with Gasteiger partial charge in [-0.15, -0.1) is 0 Å². The zero-order chi connectivity index (χ0) is 12.4. The van der Waals surface area contributed by atoms with Gasteiger partial charge in [0.2, 0.25) is 0 Å². The van der Waals surface area contributed by atoms with Crippen molar-refractivity contribution in [3.63, 3.8) is 0 Å². The first-order chi connectivity index (χ1) is 8.83. The Morgan fingerprint density at radius 3 is 2.50 bits per heavy atom. The molecule has 0 spiro atoms. The van der Waals surface area contributed by atoms with Crippen molar-refractivity contribution in [3.8, 4) is 0 Å². The first-order valence-electron chi connectivity index (χ1n) is 8.16.